The SMILES string of the molecule is COCCCC(=O)NC1CCN(Cc2cccc(OC)c2)CC1. The van der Waals surface area contributed by atoms with Crippen LogP contribution in [0.4, 0.5) is 0 Å². The van der Waals surface area contributed by atoms with E-state index in [2.05, 4.69) is 22.3 Å². The molecule has 0 unspecified atom stereocenters. The van der Waals surface area contributed by atoms with Crippen molar-refractivity contribution in [2.24, 2.45) is 0 Å². The lowest BCUT2D eigenvalue weighted by Crippen LogP contribution is -2.44. The second-order valence-electron chi connectivity index (χ2n) is 6.07. The van der Waals surface area contributed by atoms with Crippen molar-refractivity contribution < 1.29 is 14.3 Å². The third-order valence-corrected chi connectivity index (χ3v) is 4.25. The van der Waals surface area contributed by atoms with Crippen LogP contribution in [-0.2, 0) is 16.1 Å². The van der Waals surface area contributed by atoms with Gasteiger partial charge in [0.2, 0.25) is 5.91 Å². The zero-order valence-corrected chi connectivity index (χ0v) is 14.2. The number of piperidine rings is 1. The quantitative estimate of drug-likeness (QED) is 0.746. The molecule has 5 nitrogen and oxygen atoms in total. The van der Waals surface area contributed by atoms with Crippen molar-refractivity contribution in [1.29, 1.82) is 0 Å². The van der Waals surface area contributed by atoms with E-state index in [1.54, 1.807) is 14.2 Å². The molecule has 0 aliphatic carbocycles. The van der Waals surface area contributed by atoms with Gasteiger partial charge in [-0.05, 0) is 37.0 Å². The van der Waals surface area contributed by atoms with Crippen LogP contribution in [-0.4, -0.2) is 50.8 Å². The Bertz CT molecular complexity index is 485. The van der Waals surface area contributed by atoms with Crippen molar-refractivity contribution in [3.63, 3.8) is 0 Å². The van der Waals surface area contributed by atoms with Crippen LogP contribution in [0.1, 0.15) is 31.2 Å². The molecule has 0 aromatic heterocycles. The molecule has 1 aliphatic rings. The van der Waals surface area contributed by atoms with E-state index < -0.39 is 0 Å². The lowest BCUT2D eigenvalue weighted by molar-refractivity contribution is -0.122. The van der Waals surface area contributed by atoms with E-state index >= 15 is 0 Å². The van der Waals surface area contributed by atoms with Crippen molar-refractivity contribution in [3.05, 3.63) is 29.8 Å². The molecule has 1 aromatic rings. The number of hydrogen-bond acceptors (Lipinski definition) is 4. The van der Waals surface area contributed by atoms with Gasteiger partial charge in [0.15, 0.2) is 0 Å². The maximum absolute atomic E-state index is 11.8. The number of rotatable bonds is 8. The largest absolute Gasteiger partial charge is 0.497 e. The number of hydrogen-bond donors (Lipinski definition) is 1. The van der Waals surface area contributed by atoms with E-state index in [1.807, 2.05) is 12.1 Å². The van der Waals surface area contributed by atoms with Gasteiger partial charge in [-0.1, -0.05) is 12.1 Å². The van der Waals surface area contributed by atoms with Crippen molar-refractivity contribution in [1.82, 2.24) is 10.2 Å². The molecule has 1 heterocycles. The molecule has 1 saturated heterocycles. The molecule has 1 fully saturated rings. The standard InChI is InChI=1S/C18H28N2O3/c1-22-12-4-7-18(21)19-16-8-10-20(11-9-16)14-15-5-3-6-17(13-15)23-2/h3,5-6,13,16H,4,7-12,14H2,1-2H3,(H,19,21). The van der Waals surface area contributed by atoms with Gasteiger partial charge in [-0.15, -0.1) is 0 Å². The first-order valence-corrected chi connectivity index (χ1v) is 8.35. The van der Waals surface area contributed by atoms with Gasteiger partial charge in [0, 0.05) is 45.8 Å². The van der Waals surface area contributed by atoms with Crippen LogP contribution in [0, 0.1) is 0 Å². The minimum atomic E-state index is 0.147. The van der Waals surface area contributed by atoms with Gasteiger partial charge in [0.25, 0.3) is 0 Å². The molecule has 1 N–H and O–H groups in total. The highest BCUT2D eigenvalue weighted by atomic mass is 16.5. The molecule has 0 radical (unpaired) electrons. The summed E-state index contributed by atoms with van der Waals surface area (Å²) in [7, 11) is 3.36. The van der Waals surface area contributed by atoms with E-state index in [1.165, 1.54) is 5.56 Å². The average Bonchev–Trinajstić information content (AvgIpc) is 2.57. The third kappa shape index (κ3) is 6.20. The summed E-state index contributed by atoms with van der Waals surface area (Å²) >= 11 is 0. The molecule has 23 heavy (non-hydrogen) atoms. The molecule has 1 aliphatic heterocycles. The fourth-order valence-corrected chi connectivity index (χ4v) is 2.94. The summed E-state index contributed by atoms with van der Waals surface area (Å²) in [6.45, 7) is 3.61. The van der Waals surface area contributed by atoms with Gasteiger partial charge in [0.05, 0.1) is 7.11 Å². The summed E-state index contributed by atoms with van der Waals surface area (Å²) in [5.41, 5.74) is 1.27. The lowest BCUT2D eigenvalue weighted by Gasteiger charge is -2.32. The average molecular weight is 320 g/mol. The van der Waals surface area contributed by atoms with Gasteiger partial charge in [-0.25, -0.2) is 0 Å². The highest BCUT2D eigenvalue weighted by Crippen LogP contribution is 2.17. The first kappa shape index (κ1) is 17.8. The minimum Gasteiger partial charge on any atom is -0.497 e. The summed E-state index contributed by atoms with van der Waals surface area (Å²) in [5, 5.41) is 3.14. The normalized spacial score (nSPS) is 16.3. The topological polar surface area (TPSA) is 50.8 Å². The molecular weight excluding hydrogens is 292 g/mol. The number of nitrogens with zero attached hydrogens (tertiary/aromatic N) is 1. The van der Waals surface area contributed by atoms with E-state index in [9.17, 15) is 4.79 Å². The zero-order valence-electron chi connectivity index (χ0n) is 14.2. The predicted octanol–water partition coefficient (Wildman–Crippen LogP) is 2.20. The number of ether oxygens (including phenoxy) is 2. The molecule has 1 amide bonds. The number of benzene rings is 1. The Kier molecular flexibility index (Phi) is 7.36. The molecule has 2 rings (SSSR count). The zero-order chi connectivity index (χ0) is 16.5. The number of carbonyl (C=O) groups excluding carboxylic acids is 1. The van der Waals surface area contributed by atoms with Gasteiger partial charge < -0.3 is 14.8 Å². The molecule has 0 spiro atoms. The number of carbonyl (C=O) groups is 1. The molecular formula is C18H28N2O3. The monoisotopic (exact) mass is 320 g/mol. The lowest BCUT2D eigenvalue weighted by atomic mass is 10.0. The Morgan fingerprint density at radius 1 is 1.30 bits per heavy atom. The Balaban J connectivity index is 1.70. The highest BCUT2D eigenvalue weighted by Gasteiger charge is 2.20. The maximum atomic E-state index is 11.8. The first-order valence-electron chi connectivity index (χ1n) is 8.35. The summed E-state index contributed by atoms with van der Waals surface area (Å²) in [6.07, 6.45) is 3.37. The number of methoxy groups -OCH3 is 2. The molecule has 128 valence electrons. The fraction of sp³-hybridized carbons (Fsp3) is 0.611. The Morgan fingerprint density at radius 2 is 2.09 bits per heavy atom. The van der Waals surface area contributed by atoms with Gasteiger partial charge in [0.1, 0.15) is 5.75 Å². The van der Waals surface area contributed by atoms with E-state index in [0.29, 0.717) is 19.1 Å². The smallest absolute Gasteiger partial charge is 0.220 e. The van der Waals surface area contributed by atoms with Crippen LogP contribution in [0.3, 0.4) is 0 Å². The van der Waals surface area contributed by atoms with Crippen LogP contribution < -0.4 is 10.1 Å². The number of amides is 1. The predicted molar refractivity (Wildman–Crippen MR) is 90.5 cm³/mol. The van der Waals surface area contributed by atoms with E-state index in [-0.39, 0.29) is 5.91 Å². The number of nitrogens with one attached hydrogen (secondary N) is 1. The molecule has 1 aromatic carbocycles. The Hall–Kier alpha value is -1.59. The Labute approximate surface area is 139 Å². The third-order valence-electron chi connectivity index (χ3n) is 4.25. The van der Waals surface area contributed by atoms with Crippen LogP contribution in [0.25, 0.3) is 0 Å². The minimum absolute atomic E-state index is 0.147. The van der Waals surface area contributed by atoms with Crippen LogP contribution in [0.2, 0.25) is 0 Å². The van der Waals surface area contributed by atoms with E-state index in [4.69, 9.17) is 9.47 Å². The second-order valence-corrected chi connectivity index (χ2v) is 6.07. The fourth-order valence-electron chi connectivity index (χ4n) is 2.94. The Morgan fingerprint density at radius 3 is 2.78 bits per heavy atom. The number of likely N-dealkylation sites (tertiary alicyclic amines) is 1. The van der Waals surface area contributed by atoms with Crippen molar-refractivity contribution in [2.45, 2.75) is 38.3 Å². The van der Waals surface area contributed by atoms with Crippen molar-refractivity contribution in [2.75, 3.05) is 33.9 Å². The highest BCUT2D eigenvalue weighted by molar-refractivity contribution is 5.76. The molecule has 0 saturated carbocycles. The molecule has 0 bridgehead atoms. The van der Waals surface area contributed by atoms with Crippen molar-refractivity contribution >= 4 is 5.91 Å². The summed E-state index contributed by atoms with van der Waals surface area (Å²) in [4.78, 5) is 14.3. The van der Waals surface area contributed by atoms with Gasteiger partial charge in [-0.3, -0.25) is 9.69 Å². The first-order chi connectivity index (χ1) is 11.2. The molecule has 5 heteroatoms. The van der Waals surface area contributed by atoms with E-state index in [0.717, 1.165) is 44.6 Å². The maximum Gasteiger partial charge on any atom is 0.220 e. The second kappa shape index (κ2) is 9.53. The van der Waals surface area contributed by atoms with Crippen LogP contribution in [0.5, 0.6) is 5.75 Å². The molecule has 0 atom stereocenters. The van der Waals surface area contributed by atoms with Crippen LogP contribution in [0.15, 0.2) is 24.3 Å². The van der Waals surface area contributed by atoms with Crippen LogP contribution >= 0.6 is 0 Å². The van der Waals surface area contributed by atoms with Gasteiger partial charge >= 0.3 is 0 Å². The summed E-state index contributed by atoms with van der Waals surface area (Å²) in [5.74, 6) is 1.05. The summed E-state index contributed by atoms with van der Waals surface area (Å²) < 4.78 is 10.2. The van der Waals surface area contributed by atoms with Gasteiger partial charge in [-0.2, -0.15) is 0 Å². The van der Waals surface area contributed by atoms with Crippen molar-refractivity contribution in [3.8, 4) is 5.75 Å². The summed E-state index contributed by atoms with van der Waals surface area (Å²) in [6, 6.07) is 8.53.